The molecule has 3 aliphatic heterocycles. The summed E-state index contributed by atoms with van der Waals surface area (Å²) in [5.41, 5.74) is -1.99. The summed E-state index contributed by atoms with van der Waals surface area (Å²) >= 11 is 0. The Bertz CT molecular complexity index is 1410. The lowest BCUT2D eigenvalue weighted by Gasteiger charge is -2.39. The van der Waals surface area contributed by atoms with Gasteiger partial charge >= 0.3 is 6.09 Å². The molecule has 12 heteroatoms. The average Bonchev–Trinajstić information content (AvgIpc) is 3.36. The molecule has 1 spiro atoms. The first-order chi connectivity index (χ1) is 21.3. The molecule has 2 N–H and O–H groups in total. The first kappa shape index (κ1) is 30.2. The molecule has 1 aromatic heterocycles. The van der Waals surface area contributed by atoms with Gasteiger partial charge in [-0.2, -0.15) is 0 Å². The average molecular weight is 626 g/mol. The number of hydrogen-bond donors (Lipinski definition) is 2. The number of nitrogens with one attached hydrogen (secondary N) is 2. The van der Waals surface area contributed by atoms with E-state index in [-0.39, 0.29) is 66.5 Å². The Kier molecular flexibility index (Phi) is 7.09. The van der Waals surface area contributed by atoms with Gasteiger partial charge < -0.3 is 29.9 Å². The molecule has 1 aromatic rings. The predicted molar refractivity (Wildman–Crippen MR) is 161 cm³/mol. The smallest absolute Gasteiger partial charge is 0.408 e. The predicted octanol–water partition coefficient (Wildman–Crippen LogP) is 3.53. The molecule has 244 valence electrons. The van der Waals surface area contributed by atoms with Crippen molar-refractivity contribution in [2.24, 2.45) is 35.0 Å². The van der Waals surface area contributed by atoms with Crippen molar-refractivity contribution in [1.82, 2.24) is 20.1 Å². The van der Waals surface area contributed by atoms with Gasteiger partial charge in [-0.1, -0.05) is 20.8 Å². The van der Waals surface area contributed by atoms with Gasteiger partial charge in [-0.25, -0.2) is 14.2 Å². The third-order valence-electron chi connectivity index (χ3n) is 11.3. The minimum atomic E-state index is -1.30. The zero-order valence-corrected chi connectivity index (χ0v) is 26.6. The molecular weight excluding hydrogens is 581 g/mol. The molecule has 5 fully saturated rings. The Morgan fingerprint density at radius 2 is 1.96 bits per heavy atom. The lowest BCUT2D eigenvalue weighted by atomic mass is 9.77. The normalized spacial score (nSPS) is 36.2. The van der Waals surface area contributed by atoms with Crippen LogP contribution in [0, 0.1) is 35.0 Å². The van der Waals surface area contributed by atoms with E-state index in [1.165, 1.54) is 0 Å². The second-order valence-corrected chi connectivity index (χ2v) is 15.4. The van der Waals surface area contributed by atoms with Crippen LogP contribution in [-0.4, -0.2) is 87.7 Å². The van der Waals surface area contributed by atoms with E-state index in [0.29, 0.717) is 36.9 Å². The maximum Gasteiger partial charge on any atom is 0.408 e. The molecule has 3 saturated carbocycles. The van der Waals surface area contributed by atoms with E-state index in [4.69, 9.17) is 9.47 Å². The van der Waals surface area contributed by atoms with E-state index in [2.05, 4.69) is 15.6 Å². The number of hydrogen-bond acceptors (Lipinski definition) is 7. The Labute approximate surface area is 262 Å². The molecule has 4 heterocycles. The van der Waals surface area contributed by atoms with Gasteiger partial charge in [0, 0.05) is 25.2 Å². The summed E-state index contributed by atoms with van der Waals surface area (Å²) < 4.78 is 27.1. The van der Waals surface area contributed by atoms with Gasteiger partial charge in [0.2, 0.25) is 17.4 Å². The lowest BCUT2D eigenvalue weighted by molar-refractivity contribution is -0.149. The maximum atomic E-state index is 15.3. The number of ether oxygens (including phenoxy) is 2. The summed E-state index contributed by atoms with van der Waals surface area (Å²) in [7, 11) is 0. The van der Waals surface area contributed by atoms with Crippen LogP contribution in [0.4, 0.5) is 15.0 Å². The molecule has 6 aliphatic rings. The first-order valence-electron chi connectivity index (χ1n) is 16.4. The summed E-state index contributed by atoms with van der Waals surface area (Å²) in [6.45, 7) is 9.67. The monoisotopic (exact) mass is 625 g/mol. The SMILES string of the molecule is C[C@H](OC(=O)N[C@H](C(=O)N1C[C@@H]2[C@H]3C[C@@H]([C@@H]2[C@H]1C(=O)N1C[C@@]2(C[C@H]1C)Oc1cccnc1NC2=O)[C@H](F)C3)C(C)(C)C)C1CC1. The Morgan fingerprint density at radius 3 is 2.67 bits per heavy atom. The number of likely N-dealkylation sites (tertiary alicyclic amines) is 2. The van der Waals surface area contributed by atoms with E-state index in [1.807, 2.05) is 34.6 Å². The molecule has 11 nitrogen and oxygen atoms in total. The van der Waals surface area contributed by atoms with E-state index in [1.54, 1.807) is 28.1 Å². The van der Waals surface area contributed by atoms with Crippen LogP contribution < -0.4 is 15.4 Å². The van der Waals surface area contributed by atoms with Gasteiger partial charge in [0.1, 0.15) is 24.4 Å². The highest BCUT2D eigenvalue weighted by atomic mass is 19.1. The second kappa shape index (κ2) is 10.6. The number of anilines is 1. The Balaban J connectivity index is 1.17. The number of nitrogens with zero attached hydrogens (tertiary/aromatic N) is 3. The number of halogens is 1. The molecule has 0 aromatic carbocycles. The highest BCUT2D eigenvalue weighted by molar-refractivity contribution is 6.01. The highest BCUT2D eigenvalue weighted by Gasteiger charge is 2.65. The molecule has 7 rings (SSSR count). The van der Waals surface area contributed by atoms with E-state index >= 15 is 4.39 Å². The van der Waals surface area contributed by atoms with Crippen LogP contribution in [-0.2, 0) is 19.1 Å². The van der Waals surface area contributed by atoms with Crippen molar-refractivity contribution in [1.29, 1.82) is 0 Å². The molecule has 2 bridgehead atoms. The molecular formula is C33H44FN5O6. The minimum Gasteiger partial charge on any atom is -0.472 e. The Morgan fingerprint density at radius 1 is 1.20 bits per heavy atom. The largest absolute Gasteiger partial charge is 0.472 e. The molecule has 4 amide bonds. The van der Waals surface area contributed by atoms with Crippen LogP contribution in [0.25, 0.3) is 0 Å². The fourth-order valence-electron chi connectivity index (χ4n) is 8.88. The number of fused-ring (bicyclic) bond motifs is 6. The summed E-state index contributed by atoms with van der Waals surface area (Å²) in [5, 5.41) is 5.66. The van der Waals surface area contributed by atoms with E-state index in [0.717, 1.165) is 12.8 Å². The zero-order valence-electron chi connectivity index (χ0n) is 26.6. The molecule has 10 atom stereocenters. The second-order valence-electron chi connectivity index (χ2n) is 15.4. The van der Waals surface area contributed by atoms with Crippen LogP contribution in [0.3, 0.4) is 0 Å². The van der Waals surface area contributed by atoms with Crippen LogP contribution in [0.15, 0.2) is 18.3 Å². The van der Waals surface area contributed by atoms with Crippen molar-refractivity contribution < 1.29 is 33.0 Å². The summed E-state index contributed by atoms with van der Waals surface area (Å²) in [6, 6.07) is 1.23. The first-order valence-corrected chi connectivity index (χ1v) is 16.4. The van der Waals surface area contributed by atoms with Crippen molar-refractivity contribution in [2.45, 2.75) is 103 Å². The number of amides is 4. The third-order valence-corrected chi connectivity index (χ3v) is 11.3. The maximum absolute atomic E-state index is 15.3. The molecule has 45 heavy (non-hydrogen) atoms. The van der Waals surface area contributed by atoms with Gasteiger partial charge in [0.15, 0.2) is 11.6 Å². The highest BCUT2D eigenvalue weighted by Crippen LogP contribution is 2.59. The number of alkyl carbamates (subject to hydrolysis) is 1. The van der Waals surface area contributed by atoms with Gasteiger partial charge in [-0.3, -0.25) is 14.4 Å². The molecule has 0 unspecified atom stereocenters. The Hall–Kier alpha value is -3.44. The number of rotatable bonds is 5. The third kappa shape index (κ3) is 5.02. The fourth-order valence-corrected chi connectivity index (χ4v) is 8.88. The van der Waals surface area contributed by atoms with Gasteiger partial charge in [0.05, 0.1) is 6.54 Å². The van der Waals surface area contributed by atoms with Crippen LogP contribution >= 0.6 is 0 Å². The van der Waals surface area contributed by atoms with Crippen molar-refractivity contribution in [2.75, 3.05) is 18.4 Å². The van der Waals surface area contributed by atoms with Crippen LogP contribution in [0.5, 0.6) is 5.75 Å². The number of alkyl halides is 1. The lowest BCUT2D eigenvalue weighted by Crippen LogP contribution is -2.60. The quantitative estimate of drug-likeness (QED) is 0.512. The number of pyridine rings is 1. The van der Waals surface area contributed by atoms with Crippen LogP contribution in [0.2, 0.25) is 0 Å². The topological polar surface area (TPSA) is 130 Å². The summed E-state index contributed by atoms with van der Waals surface area (Å²) in [6.07, 6.45) is 3.11. The zero-order chi connectivity index (χ0) is 32.0. The van der Waals surface area contributed by atoms with Crippen molar-refractivity contribution in [3.63, 3.8) is 0 Å². The summed E-state index contributed by atoms with van der Waals surface area (Å²) in [5.74, 6) is -0.450. The van der Waals surface area contributed by atoms with Crippen LogP contribution in [0.1, 0.15) is 66.7 Å². The van der Waals surface area contributed by atoms with Crippen molar-refractivity contribution in [3.8, 4) is 5.75 Å². The minimum absolute atomic E-state index is 0.00130. The number of carbonyl (C=O) groups is 4. The van der Waals surface area contributed by atoms with Gasteiger partial charge in [-0.05, 0) is 86.7 Å². The standard InChI is InChI=1S/C33H44FN5O6/c1-16-13-33(30(42)37-27-23(45-33)7-6-10-35-27)15-39(16)28(40)25-24-20-11-19(12-22(20)34)21(24)14-38(25)29(41)26(32(3,4)5)36-31(43)44-17(2)18-8-9-18/h6-7,10,16-22,24-26H,8-9,11-15H2,1-5H3,(H,36,43)(H,35,37,42)/t16-,17+,19+,20-,21-,22-,24+,25+,26-,33-/m1/s1. The number of carbonyl (C=O) groups excluding carboxylic acids is 4. The number of aromatic nitrogens is 1. The van der Waals surface area contributed by atoms with Gasteiger partial charge in [0.25, 0.3) is 5.91 Å². The summed E-state index contributed by atoms with van der Waals surface area (Å²) in [4.78, 5) is 63.0. The van der Waals surface area contributed by atoms with Crippen molar-refractivity contribution in [3.05, 3.63) is 18.3 Å². The van der Waals surface area contributed by atoms with E-state index < -0.39 is 35.4 Å². The molecule has 2 saturated heterocycles. The molecule has 3 aliphatic carbocycles. The fraction of sp³-hybridized carbons (Fsp3) is 0.727. The van der Waals surface area contributed by atoms with E-state index in [9.17, 15) is 19.2 Å². The van der Waals surface area contributed by atoms with Gasteiger partial charge in [-0.15, -0.1) is 0 Å². The van der Waals surface area contributed by atoms with Crippen molar-refractivity contribution >= 4 is 29.6 Å². The molecule has 0 radical (unpaired) electrons.